The number of H-pyrrole nitrogens is 1. The largest absolute Gasteiger partial charge is 0.493 e. The molecule has 0 radical (unpaired) electrons. The fourth-order valence-electron chi connectivity index (χ4n) is 6.22. The van der Waals surface area contributed by atoms with Crippen LogP contribution in [0.25, 0.3) is 11.0 Å². The van der Waals surface area contributed by atoms with E-state index in [0.29, 0.717) is 43.2 Å². The van der Waals surface area contributed by atoms with Crippen molar-refractivity contribution in [3.63, 3.8) is 0 Å². The van der Waals surface area contributed by atoms with Crippen molar-refractivity contribution in [1.82, 2.24) is 14.9 Å². The number of aromatic amines is 1. The normalized spacial score (nSPS) is 19.4. The molecule has 8 heteroatoms. The third-order valence-electron chi connectivity index (χ3n) is 8.15. The molecule has 0 aliphatic carbocycles. The predicted molar refractivity (Wildman–Crippen MR) is 154 cm³/mol. The molecule has 2 amide bonds. The van der Waals surface area contributed by atoms with E-state index < -0.39 is 0 Å². The van der Waals surface area contributed by atoms with Gasteiger partial charge in [0.2, 0.25) is 5.91 Å². The summed E-state index contributed by atoms with van der Waals surface area (Å²) >= 11 is 0. The highest BCUT2D eigenvalue weighted by atomic mass is 16.5. The van der Waals surface area contributed by atoms with Crippen LogP contribution in [0.15, 0.2) is 67.0 Å². The molecule has 2 aliphatic heterocycles. The van der Waals surface area contributed by atoms with Crippen molar-refractivity contribution in [3.8, 4) is 11.5 Å². The number of rotatable bonds is 2. The molecule has 0 saturated carbocycles. The molecule has 3 aromatic carbocycles. The van der Waals surface area contributed by atoms with Gasteiger partial charge in [0.1, 0.15) is 0 Å². The average molecular weight is 539 g/mol. The van der Waals surface area contributed by atoms with Crippen molar-refractivity contribution < 1.29 is 19.1 Å². The quantitative estimate of drug-likeness (QED) is 0.372. The van der Waals surface area contributed by atoms with Gasteiger partial charge in [0, 0.05) is 43.2 Å². The molecular weight excluding hydrogens is 504 g/mol. The predicted octanol–water partition coefficient (Wildman–Crippen LogP) is 5.34. The Kier molecular flexibility index (Phi) is 7.15. The number of carbonyl (C=O) groups excluding carboxylic acids is 2. The minimum atomic E-state index is -0.0719. The topological polar surface area (TPSA) is 87.8 Å². The van der Waals surface area contributed by atoms with Crippen LogP contribution in [-0.4, -0.2) is 59.5 Å². The number of amides is 2. The number of benzene rings is 3. The van der Waals surface area contributed by atoms with E-state index in [9.17, 15) is 9.59 Å². The molecule has 4 aromatic rings. The second-order valence-corrected chi connectivity index (χ2v) is 10.6. The Bertz CT molecular complexity index is 1550. The Morgan fingerprint density at radius 1 is 1.05 bits per heavy atom. The van der Waals surface area contributed by atoms with Gasteiger partial charge in [-0.1, -0.05) is 24.3 Å². The van der Waals surface area contributed by atoms with Gasteiger partial charge < -0.3 is 24.3 Å². The van der Waals surface area contributed by atoms with Crippen molar-refractivity contribution >= 4 is 28.5 Å². The van der Waals surface area contributed by atoms with Gasteiger partial charge in [-0.25, -0.2) is 4.98 Å². The summed E-state index contributed by atoms with van der Waals surface area (Å²) in [5.74, 6) is 1.50. The molecule has 8 nitrogen and oxygen atoms in total. The van der Waals surface area contributed by atoms with Crippen LogP contribution in [0.1, 0.15) is 53.6 Å². The van der Waals surface area contributed by atoms with Crippen LogP contribution in [0.5, 0.6) is 11.5 Å². The Labute approximate surface area is 233 Å². The van der Waals surface area contributed by atoms with Crippen LogP contribution in [0, 0.1) is 0 Å². The first kappa shape index (κ1) is 25.9. The van der Waals surface area contributed by atoms with Gasteiger partial charge in [0.25, 0.3) is 5.91 Å². The lowest BCUT2D eigenvalue weighted by atomic mass is 9.87. The summed E-state index contributed by atoms with van der Waals surface area (Å²) in [6.07, 6.45) is 4.68. The highest BCUT2D eigenvalue weighted by Gasteiger charge is 2.40. The Morgan fingerprint density at radius 3 is 2.77 bits per heavy atom. The zero-order chi connectivity index (χ0) is 27.6. The van der Waals surface area contributed by atoms with Crippen molar-refractivity contribution in [2.24, 2.45) is 0 Å². The summed E-state index contributed by atoms with van der Waals surface area (Å²) in [5.41, 5.74) is 5.53. The molecule has 2 bridgehead atoms. The lowest BCUT2D eigenvalue weighted by Crippen LogP contribution is -2.41. The van der Waals surface area contributed by atoms with Crippen molar-refractivity contribution in [3.05, 3.63) is 83.7 Å². The van der Waals surface area contributed by atoms with Gasteiger partial charge in [-0.05, 0) is 73.2 Å². The summed E-state index contributed by atoms with van der Waals surface area (Å²) in [6, 6.07) is 19.8. The number of imidazole rings is 1. The van der Waals surface area contributed by atoms with Crippen LogP contribution < -0.4 is 14.4 Å². The van der Waals surface area contributed by atoms with Crippen LogP contribution in [0.2, 0.25) is 0 Å². The molecule has 2 aliphatic rings. The summed E-state index contributed by atoms with van der Waals surface area (Å²) < 4.78 is 11.7. The fourth-order valence-corrected chi connectivity index (χ4v) is 6.22. The molecular formula is C32H34N4O4. The first-order valence-electron chi connectivity index (χ1n) is 13.9. The number of fused-ring (bicyclic) bond motifs is 6. The zero-order valence-corrected chi connectivity index (χ0v) is 22.9. The van der Waals surface area contributed by atoms with Gasteiger partial charge in [0.05, 0.1) is 31.1 Å². The lowest BCUT2D eigenvalue weighted by molar-refractivity contribution is -0.117. The monoisotopic (exact) mass is 538 g/mol. The highest BCUT2D eigenvalue weighted by molar-refractivity contribution is 5.97. The molecule has 206 valence electrons. The summed E-state index contributed by atoms with van der Waals surface area (Å²) in [4.78, 5) is 38.1. The standard InChI is InChI=1S/C32H34N4O4/c1-21(37)36-28-8-4-3-7-24(28)25-13-15-35(32(38)23-10-11-26-27(19-23)34-20-33-26)14-5-6-16-40-31-18-22(17-29(25)36)9-12-30(31)39-2/h3-4,7-12,18-20,25,29H,5-6,13-17H2,1-2H3,(H,33,34)/t25-,29-/m1/s1. The molecule has 1 aromatic heterocycles. The summed E-state index contributed by atoms with van der Waals surface area (Å²) in [7, 11) is 1.64. The maximum Gasteiger partial charge on any atom is 0.253 e. The molecule has 0 saturated heterocycles. The number of aromatic nitrogens is 2. The Balaban J connectivity index is 1.36. The highest BCUT2D eigenvalue weighted by Crippen LogP contribution is 2.44. The number of nitrogens with one attached hydrogen (secondary N) is 1. The zero-order valence-electron chi connectivity index (χ0n) is 22.9. The van der Waals surface area contributed by atoms with E-state index >= 15 is 0 Å². The van der Waals surface area contributed by atoms with E-state index in [-0.39, 0.29) is 23.8 Å². The van der Waals surface area contributed by atoms with Crippen LogP contribution in [0.4, 0.5) is 5.69 Å². The van der Waals surface area contributed by atoms with Gasteiger partial charge in [0.15, 0.2) is 11.5 Å². The van der Waals surface area contributed by atoms with E-state index in [1.807, 2.05) is 58.3 Å². The molecule has 0 spiro atoms. The number of carbonyl (C=O) groups is 2. The maximum absolute atomic E-state index is 13.8. The first-order chi connectivity index (χ1) is 19.5. The van der Waals surface area contributed by atoms with Gasteiger partial charge in [-0.3, -0.25) is 9.59 Å². The molecule has 0 fully saturated rings. The Morgan fingerprint density at radius 2 is 1.93 bits per heavy atom. The number of anilines is 1. The van der Waals surface area contributed by atoms with E-state index in [2.05, 4.69) is 22.1 Å². The second-order valence-electron chi connectivity index (χ2n) is 10.6. The van der Waals surface area contributed by atoms with Crippen molar-refractivity contribution in [2.75, 3.05) is 31.7 Å². The number of hydrogen-bond acceptors (Lipinski definition) is 5. The van der Waals surface area contributed by atoms with Crippen molar-refractivity contribution in [2.45, 2.75) is 44.6 Å². The number of para-hydroxylation sites is 1. The molecule has 0 unspecified atom stereocenters. The van der Waals surface area contributed by atoms with E-state index in [0.717, 1.165) is 47.1 Å². The third-order valence-corrected chi connectivity index (χ3v) is 8.15. The number of methoxy groups -OCH3 is 1. The SMILES string of the molecule is COc1ccc2cc1OCCCCN(C(=O)c1ccc3nc[nH]c3c1)CC[C@@H]1c3ccccc3N(C(C)=O)[C@@H]1C2. The number of ether oxygens (including phenoxy) is 2. The summed E-state index contributed by atoms with van der Waals surface area (Å²) in [5, 5.41) is 0. The van der Waals surface area contributed by atoms with Crippen LogP contribution in [-0.2, 0) is 11.2 Å². The lowest BCUT2D eigenvalue weighted by Gasteiger charge is -2.31. The molecule has 6 rings (SSSR count). The number of nitrogens with zero attached hydrogens (tertiary/aromatic N) is 3. The van der Waals surface area contributed by atoms with E-state index in [4.69, 9.17) is 9.47 Å². The number of hydrogen-bond donors (Lipinski definition) is 1. The van der Waals surface area contributed by atoms with Gasteiger partial charge in [-0.15, -0.1) is 0 Å². The first-order valence-corrected chi connectivity index (χ1v) is 13.9. The van der Waals surface area contributed by atoms with Crippen LogP contribution in [0.3, 0.4) is 0 Å². The summed E-state index contributed by atoms with van der Waals surface area (Å²) in [6.45, 7) is 3.37. The van der Waals surface area contributed by atoms with Crippen molar-refractivity contribution in [1.29, 1.82) is 0 Å². The average Bonchev–Trinajstić information content (AvgIpc) is 3.56. The molecule has 3 heterocycles. The molecule has 2 atom stereocenters. The second kappa shape index (κ2) is 11.0. The molecule has 1 N–H and O–H groups in total. The van der Waals surface area contributed by atoms with Gasteiger partial charge >= 0.3 is 0 Å². The van der Waals surface area contributed by atoms with Gasteiger partial charge in [-0.2, -0.15) is 0 Å². The molecule has 40 heavy (non-hydrogen) atoms. The minimum absolute atomic E-state index is 0.00246. The third kappa shape index (κ3) is 4.90. The van der Waals surface area contributed by atoms with E-state index in [1.165, 1.54) is 0 Å². The maximum atomic E-state index is 13.8. The Hall–Kier alpha value is -4.33. The smallest absolute Gasteiger partial charge is 0.253 e. The fraction of sp³-hybridized carbons (Fsp3) is 0.344. The minimum Gasteiger partial charge on any atom is -0.493 e. The van der Waals surface area contributed by atoms with E-state index in [1.54, 1.807) is 20.4 Å². The van der Waals surface area contributed by atoms with Crippen LogP contribution >= 0.6 is 0 Å².